The molecule has 0 heterocycles. The highest BCUT2D eigenvalue weighted by Crippen LogP contribution is 2.16. The number of benzene rings is 2. The number of anilines is 2. The third kappa shape index (κ3) is 9.46. The molecule has 0 atom stereocenters. The summed E-state index contributed by atoms with van der Waals surface area (Å²) in [5.74, 6) is -1.09. The molecule has 36 heavy (non-hydrogen) atoms. The van der Waals surface area contributed by atoms with E-state index in [0.717, 1.165) is 0 Å². The molecule has 0 saturated carbocycles. The molecule has 0 aliphatic rings. The third-order valence-electron chi connectivity index (χ3n) is 4.66. The van der Waals surface area contributed by atoms with Gasteiger partial charge < -0.3 is 25.4 Å². The molecule has 3 N–H and O–H groups in total. The summed E-state index contributed by atoms with van der Waals surface area (Å²) < 4.78 is 38.8. The third-order valence-corrected chi connectivity index (χ3v) is 4.66. The predicted octanol–water partition coefficient (Wildman–Crippen LogP) is 2.72. The Balaban J connectivity index is 2.13. The van der Waals surface area contributed by atoms with Crippen molar-refractivity contribution in [3.63, 3.8) is 0 Å². The number of halogens is 2. The van der Waals surface area contributed by atoms with Gasteiger partial charge >= 0.3 is 0 Å². The molecule has 2 amide bonds. The van der Waals surface area contributed by atoms with E-state index in [-0.39, 0.29) is 24.2 Å². The van der Waals surface area contributed by atoms with E-state index in [1.54, 1.807) is 44.4 Å². The van der Waals surface area contributed by atoms with Gasteiger partial charge in [0.15, 0.2) is 0 Å². The molecule has 2 aromatic carbocycles. The standard InChI is InChI=1S/C26H32F2N4O4/c1-6-29-25(24-17(2)13-20(14-21(24)27)36-12-11-35-5)32-19-9-7-18(8-10-19)31-23(34)15-22(33)30-16-26(3,4)28/h6-10,13-14,32H,2,11-12,15-16H2,1,3-5H3,(H,30,33)(H,31,34)/b25-24-,29-6-. The first kappa shape index (κ1) is 28.4. The van der Waals surface area contributed by atoms with E-state index in [1.165, 1.54) is 26.1 Å². The molecule has 0 aliphatic heterocycles. The van der Waals surface area contributed by atoms with E-state index < -0.39 is 29.7 Å². The normalized spacial score (nSPS) is 12.3. The maximum Gasteiger partial charge on any atom is 0.233 e. The Kier molecular flexibility index (Phi) is 10.5. The smallest absolute Gasteiger partial charge is 0.233 e. The maximum atomic E-state index is 14.9. The zero-order chi connectivity index (χ0) is 26.7. The zero-order valence-corrected chi connectivity index (χ0v) is 20.9. The molecule has 0 fully saturated rings. The van der Waals surface area contributed by atoms with Crippen LogP contribution in [-0.2, 0) is 14.3 Å². The molecule has 2 rings (SSSR count). The quantitative estimate of drug-likeness (QED) is 0.235. The summed E-state index contributed by atoms with van der Waals surface area (Å²) in [4.78, 5) is 28.1. The van der Waals surface area contributed by atoms with Gasteiger partial charge in [-0.15, -0.1) is 0 Å². The van der Waals surface area contributed by atoms with Gasteiger partial charge in [0, 0.05) is 30.8 Å². The van der Waals surface area contributed by atoms with Crippen molar-refractivity contribution in [3.8, 4) is 5.75 Å². The summed E-state index contributed by atoms with van der Waals surface area (Å²) in [5, 5.41) is 8.60. The summed E-state index contributed by atoms with van der Waals surface area (Å²) in [6.07, 6.45) is 1.09. The van der Waals surface area contributed by atoms with E-state index >= 15 is 0 Å². The van der Waals surface area contributed by atoms with E-state index in [1.807, 2.05) is 0 Å². The molecular formula is C26H32F2N4O4. The number of carbonyl (C=O) groups excluding carboxylic acids is 2. The molecular weight excluding hydrogens is 470 g/mol. The fourth-order valence-corrected chi connectivity index (χ4v) is 3.01. The SMILES string of the molecule is C=c1cc(OCCOC)cc(F)/c1=C(/N=C\C)Nc1ccc(NC(=O)CC(=O)NCC(C)(C)F)cc1. The van der Waals surface area contributed by atoms with Gasteiger partial charge in [-0.25, -0.2) is 13.8 Å². The highest BCUT2D eigenvalue weighted by atomic mass is 19.1. The number of alkyl halides is 1. The highest BCUT2D eigenvalue weighted by Gasteiger charge is 2.18. The van der Waals surface area contributed by atoms with Gasteiger partial charge in [0.2, 0.25) is 11.8 Å². The lowest BCUT2D eigenvalue weighted by molar-refractivity contribution is -0.127. The van der Waals surface area contributed by atoms with Crippen LogP contribution < -0.4 is 31.1 Å². The van der Waals surface area contributed by atoms with Gasteiger partial charge in [0.1, 0.15) is 36.1 Å². The summed E-state index contributed by atoms with van der Waals surface area (Å²) in [6, 6.07) is 9.43. The summed E-state index contributed by atoms with van der Waals surface area (Å²) >= 11 is 0. The first-order valence-corrected chi connectivity index (χ1v) is 11.3. The van der Waals surface area contributed by atoms with Gasteiger partial charge in [-0.2, -0.15) is 0 Å². The van der Waals surface area contributed by atoms with Crippen LogP contribution in [0.5, 0.6) is 5.75 Å². The first-order valence-electron chi connectivity index (χ1n) is 11.3. The molecule has 8 nitrogen and oxygen atoms in total. The minimum atomic E-state index is -1.57. The van der Waals surface area contributed by atoms with Crippen molar-refractivity contribution in [3.05, 3.63) is 52.7 Å². The number of carbonyl (C=O) groups is 2. The van der Waals surface area contributed by atoms with E-state index in [4.69, 9.17) is 9.47 Å². The van der Waals surface area contributed by atoms with Crippen molar-refractivity contribution in [2.75, 3.05) is 37.5 Å². The Labute approximate surface area is 209 Å². The lowest BCUT2D eigenvalue weighted by Gasteiger charge is -2.14. The summed E-state index contributed by atoms with van der Waals surface area (Å²) in [5.41, 5.74) is -0.536. The molecule has 0 saturated heterocycles. The Hall–Kier alpha value is -3.79. The number of hydrogen-bond acceptors (Lipinski definition) is 6. The lowest BCUT2D eigenvalue weighted by Crippen LogP contribution is -2.36. The number of hydrogen-bond donors (Lipinski definition) is 3. The number of amides is 2. The number of rotatable bonds is 12. The molecule has 0 spiro atoms. The van der Waals surface area contributed by atoms with Crippen molar-refractivity contribution < 1.29 is 27.8 Å². The average molecular weight is 503 g/mol. The van der Waals surface area contributed by atoms with Gasteiger partial charge in [-0.1, -0.05) is 6.58 Å². The molecule has 10 heteroatoms. The van der Waals surface area contributed by atoms with Crippen molar-refractivity contribution in [1.82, 2.24) is 5.32 Å². The highest BCUT2D eigenvalue weighted by molar-refractivity contribution is 6.03. The second-order valence-corrected chi connectivity index (χ2v) is 8.44. The second-order valence-electron chi connectivity index (χ2n) is 8.44. The fourth-order valence-electron chi connectivity index (χ4n) is 3.01. The van der Waals surface area contributed by atoms with Crippen LogP contribution in [0.1, 0.15) is 27.2 Å². The predicted molar refractivity (Wildman–Crippen MR) is 138 cm³/mol. The van der Waals surface area contributed by atoms with Crippen LogP contribution in [0.3, 0.4) is 0 Å². The van der Waals surface area contributed by atoms with Crippen LogP contribution in [0.4, 0.5) is 20.2 Å². The number of nitrogens with zero attached hydrogens (tertiary/aromatic N) is 1. The van der Waals surface area contributed by atoms with E-state index in [2.05, 4.69) is 27.5 Å². The minimum Gasteiger partial charge on any atom is -0.491 e. The number of ether oxygens (including phenoxy) is 2. The average Bonchev–Trinajstić information content (AvgIpc) is 2.78. The number of aliphatic imine (C=N–C) groups is 1. The Bertz CT molecular complexity index is 1190. The van der Waals surface area contributed by atoms with Gasteiger partial charge in [-0.3, -0.25) is 9.59 Å². The van der Waals surface area contributed by atoms with Crippen LogP contribution in [-0.4, -0.2) is 50.6 Å². The number of methoxy groups -OCH3 is 1. The number of nitrogens with one attached hydrogen (secondary N) is 3. The molecule has 0 aliphatic carbocycles. The molecule has 0 radical (unpaired) electrons. The van der Waals surface area contributed by atoms with Crippen LogP contribution in [0, 0.1) is 5.82 Å². The first-order chi connectivity index (χ1) is 17.0. The summed E-state index contributed by atoms with van der Waals surface area (Å²) in [6.45, 7) is 8.76. The van der Waals surface area contributed by atoms with Crippen LogP contribution >= 0.6 is 0 Å². The Morgan fingerprint density at radius 3 is 2.28 bits per heavy atom. The summed E-state index contributed by atoms with van der Waals surface area (Å²) in [7, 11) is 1.55. The molecule has 2 aromatic rings. The van der Waals surface area contributed by atoms with Crippen molar-refractivity contribution in [2.24, 2.45) is 4.99 Å². The maximum absolute atomic E-state index is 14.9. The van der Waals surface area contributed by atoms with E-state index in [9.17, 15) is 18.4 Å². The van der Waals surface area contributed by atoms with E-state index in [0.29, 0.717) is 28.9 Å². The van der Waals surface area contributed by atoms with Crippen LogP contribution in [0.15, 0.2) is 41.4 Å². The molecule has 0 unspecified atom stereocenters. The van der Waals surface area contributed by atoms with Crippen LogP contribution in [0.2, 0.25) is 0 Å². The fraction of sp³-hybridized carbons (Fsp3) is 0.346. The van der Waals surface area contributed by atoms with Crippen LogP contribution in [0.25, 0.3) is 12.4 Å². The molecule has 194 valence electrons. The van der Waals surface area contributed by atoms with Gasteiger partial charge in [0.05, 0.1) is 18.4 Å². The topological polar surface area (TPSA) is 101 Å². The zero-order valence-electron chi connectivity index (χ0n) is 20.9. The Morgan fingerprint density at radius 2 is 1.72 bits per heavy atom. The van der Waals surface area contributed by atoms with Gasteiger partial charge in [-0.05, 0) is 56.3 Å². The second kappa shape index (κ2) is 13.3. The van der Waals surface area contributed by atoms with Gasteiger partial charge in [0.25, 0.3) is 0 Å². The molecule has 0 bridgehead atoms. The molecule has 0 aromatic heterocycles. The minimum absolute atomic E-state index is 0.183. The van der Waals surface area contributed by atoms with Crippen molar-refractivity contribution in [1.29, 1.82) is 0 Å². The van der Waals surface area contributed by atoms with Crippen molar-refractivity contribution in [2.45, 2.75) is 32.9 Å². The van der Waals surface area contributed by atoms with Crippen molar-refractivity contribution >= 4 is 41.8 Å². The largest absolute Gasteiger partial charge is 0.491 e. The lowest BCUT2D eigenvalue weighted by atomic mass is 10.2. The monoisotopic (exact) mass is 502 g/mol. The Morgan fingerprint density at radius 1 is 1.08 bits per heavy atom.